The van der Waals surface area contributed by atoms with Crippen LogP contribution in [-0.2, 0) is 23.2 Å². The molecule has 0 unspecified atom stereocenters. The van der Waals surface area contributed by atoms with Crippen molar-refractivity contribution in [1.82, 2.24) is 14.2 Å². The minimum Gasteiger partial charge on any atom is -0.345 e. The Labute approximate surface area is 172 Å². The summed E-state index contributed by atoms with van der Waals surface area (Å²) >= 11 is 0. The molecule has 0 radical (unpaired) electrons. The molecule has 0 bridgehead atoms. The summed E-state index contributed by atoms with van der Waals surface area (Å²) in [5.41, 5.74) is -0.473. The number of hydrogen-bond donors (Lipinski definition) is 1. The molecular weight excluding hydrogens is 419 g/mol. The Morgan fingerprint density at radius 2 is 1.90 bits per heavy atom. The first kappa shape index (κ1) is 21.9. The third-order valence-electron chi connectivity index (χ3n) is 4.68. The molecule has 1 fully saturated rings. The molecular formula is C20H20F3N3O3S. The number of rotatable bonds is 4. The van der Waals surface area contributed by atoms with Crippen LogP contribution in [0, 0.1) is 11.8 Å². The zero-order valence-electron chi connectivity index (χ0n) is 16.2. The number of carbonyl (C=O) groups excluding carboxylic acids is 1. The van der Waals surface area contributed by atoms with Gasteiger partial charge in [0.1, 0.15) is 10.6 Å². The van der Waals surface area contributed by atoms with Gasteiger partial charge in [0.15, 0.2) is 0 Å². The van der Waals surface area contributed by atoms with Gasteiger partial charge in [0.2, 0.25) is 10.0 Å². The quantitative estimate of drug-likeness (QED) is 0.745. The van der Waals surface area contributed by atoms with Crippen LogP contribution in [0.25, 0.3) is 0 Å². The van der Waals surface area contributed by atoms with Gasteiger partial charge in [0.05, 0.1) is 12.1 Å². The van der Waals surface area contributed by atoms with E-state index in [9.17, 15) is 26.4 Å². The van der Waals surface area contributed by atoms with Gasteiger partial charge >= 0.3 is 6.18 Å². The average molecular weight is 439 g/mol. The summed E-state index contributed by atoms with van der Waals surface area (Å²) in [6.45, 7) is 0.822. The molecule has 3 rings (SSSR count). The van der Waals surface area contributed by atoms with Crippen LogP contribution in [0.5, 0.6) is 0 Å². The summed E-state index contributed by atoms with van der Waals surface area (Å²) in [5, 5.41) is 2.53. The lowest BCUT2D eigenvalue weighted by Gasteiger charge is -2.13. The number of carbonyl (C=O) groups is 1. The fourth-order valence-corrected chi connectivity index (χ4v) is 4.70. The second kappa shape index (κ2) is 8.53. The molecule has 2 aromatic rings. The molecule has 6 nitrogen and oxygen atoms in total. The van der Waals surface area contributed by atoms with Gasteiger partial charge in [-0.25, -0.2) is 8.42 Å². The van der Waals surface area contributed by atoms with E-state index in [4.69, 9.17) is 0 Å². The van der Waals surface area contributed by atoms with Crippen LogP contribution in [0.3, 0.4) is 0 Å². The number of benzene rings is 1. The van der Waals surface area contributed by atoms with Crippen molar-refractivity contribution < 1.29 is 26.4 Å². The Balaban J connectivity index is 1.66. The van der Waals surface area contributed by atoms with Crippen LogP contribution in [0.4, 0.5) is 13.2 Å². The van der Waals surface area contributed by atoms with E-state index >= 15 is 0 Å². The van der Waals surface area contributed by atoms with Crippen LogP contribution in [0.1, 0.15) is 34.5 Å². The highest BCUT2D eigenvalue weighted by atomic mass is 32.2. The number of nitrogens with one attached hydrogen (secondary N) is 1. The second-order valence-electron chi connectivity index (χ2n) is 6.85. The fraction of sp³-hybridized carbons (Fsp3) is 0.350. The lowest BCUT2D eigenvalue weighted by atomic mass is 10.1. The minimum absolute atomic E-state index is 0.0482. The monoisotopic (exact) mass is 439 g/mol. The first-order valence-electron chi connectivity index (χ1n) is 9.20. The maximum Gasteiger partial charge on any atom is 0.416 e. The molecule has 1 aromatic heterocycles. The predicted octanol–water partition coefficient (Wildman–Crippen LogP) is 2.61. The molecule has 1 amide bonds. The van der Waals surface area contributed by atoms with Crippen molar-refractivity contribution >= 4 is 15.9 Å². The van der Waals surface area contributed by atoms with E-state index in [0.29, 0.717) is 13.1 Å². The van der Waals surface area contributed by atoms with Gasteiger partial charge in [0.25, 0.3) is 5.91 Å². The number of aryl methyl sites for hydroxylation is 1. The van der Waals surface area contributed by atoms with E-state index in [1.165, 1.54) is 33.3 Å². The number of aromatic nitrogens is 1. The molecule has 0 aliphatic carbocycles. The Bertz CT molecular complexity index is 1110. The summed E-state index contributed by atoms with van der Waals surface area (Å²) in [6, 6.07) is 5.90. The van der Waals surface area contributed by atoms with Gasteiger partial charge in [-0.2, -0.15) is 17.5 Å². The van der Waals surface area contributed by atoms with E-state index in [2.05, 4.69) is 17.2 Å². The van der Waals surface area contributed by atoms with Gasteiger partial charge in [0, 0.05) is 31.9 Å². The van der Waals surface area contributed by atoms with Crippen molar-refractivity contribution in [2.75, 3.05) is 19.6 Å². The topological polar surface area (TPSA) is 71.4 Å². The Kier molecular flexibility index (Phi) is 6.24. The van der Waals surface area contributed by atoms with Crippen LogP contribution in [-0.4, -0.2) is 42.8 Å². The number of nitrogens with zero attached hydrogens (tertiary/aromatic N) is 2. The molecule has 2 heterocycles. The third kappa shape index (κ3) is 4.86. The van der Waals surface area contributed by atoms with E-state index in [1.54, 1.807) is 7.05 Å². The number of amides is 1. The van der Waals surface area contributed by atoms with Gasteiger partial charge in [-0.3, -0.25) is 4.79 Å². The molecule has 1 aliphatic heterocycles. The lowest BCUT2D eigenvalue weighted by molar-refractivity contribution is -0.137. The molecule has 0 atom stereocenters. The Morgan fingerprint density at radius 1 is 1.20 bits per heavy atom. The highest BCUT2D eigenvalue weighted by Crippen LogP contribution is 2.29. The van der Waals surface area contributed by atoms with Gasteiger partial charge in [-0.15, -0.1) is 0 Å². The SMILES string of the molecule is Cn1cc(S(=O)(=O)N2CCCC2)cc1C(=O)NCC#Cc1cccc(C(F)(F)F)c1. The highest BCUT2D eigenvalue weighted by molar-refractivity contribution is 7.89. The predicted molar refractivity (Wildman–Crippen MR) is 104 cm³/mol. The first-order chi connectivity index (χ1) is 14.1. The van der Waals surface area contributed by atoms with Crippen LogP contribution in [0.15, 0.2) is 41.4 Å². The van der Waals surface area contributed by atoms with Crippen molar-refractivity contribution in [3.8, 4) is 11.8 Å². The highest BCUT2D eigenvalue weighted by Gasteiger charge is 2.30. The molecule has 1 N–H and O–H groups in total. The van der Waals surface area contributed by atoms with Crippen LogP contribution >= 0.6 is 0 Å². The fourth-order valence-electron chi connectivity index (χ4n) is 3.11. The summed E-state index contributed by atoms with van der Waals surface area (Å²) in [7, 11) is -2.08. The molecule has 160 valence electrons. The van der Waals surface area contributed by atoms with E-state index in [1.807, 2.05) is 0 Å². The largest absolute Gasteiger partial charge is 0.416 e. The zero-order valence-corrected chi connectivity index (χ0v) is 17.0. The number of alkyl halides is 3. The summed E-state index contributed by atoms with van der Waals surface area (Å²) < 4.78 is 66.2. The van der Waals surface area contributed by atoms with E-state index < -0.39 is 27.7 Å². The molecule has 1 aliphatic rings. The standard InChI is InChI=1S/C20H20F3N3O3S/c1-25-14-17(30(28,29)26-10-2-3-11-26)13-18(25)19(27)24-9-5-7-15-6-4-8-16(12-15)20(21,22)23/h4,6,8,12-14H,2-3,9-11H2,1H3,(H,24,27). The summed E-state index contributed by atoms with van der Waals surface area (Å²) in [6.07, 6.45) is -1.45. The number of halogens is 3. The Morgan fingerprint density at radius 3 is 2.57 bits per heavy atom. The minimum atomic E-state index is -4.45. The van der Waals surface area contributed by atoms with Crippen molar-refractivity contribution in [3.63, 3.8) is 0 Å². The van der Waals surface area contributed by atoms with Crippen molar-refractivity contribution in [2.45, 2.75) is 23.9 Å². The van der Waals surface area contributed by atoms with E-state index in [-0.39, 0.29) is 22.7 Å². The van der Waals surface area contributed by atoms with Crippen molar-refractivity contribution in [2.24, 2.45) is 7.05 Å². The molecule has 1 aromatic carbocycles. The van der Waals surface area contributed by atoms with E-state index in [0.717, 1.165) is 25.0 Å². The molecule has 0 spiro atoms. The maximum atomic E-state index is 12.7. The third-order valence-corrected chi connectivity index (χ3v) is 6.54. The number of sulfonamides is 1. The maximum absolute atomic E-state index is 12.7. The second-order valence-corrected chi connectivity index (χ2v) is 8.78. The molecule has 30 heavy (non-hydrogen) atoms. The van der Waals surface area contributed by atoms with Gasteiger partial charge < -0.3 is 9.88 Å². The van der Waals surface area contributed by atoms with Crippen LogP contribution < -0.4 is 5.32 Å². The molecule has 0 saturated carbocycles. The summed E-state index contributed by atoms with van der Waals surface area (Å²) in [4.78, 5) is 12.4. The van der Waals surface area contributed by atoms with Crippen molar-refractivity contribution in [1.29, 1.82) is 0 Å². The summed E-state index contributed by atoms with van der Waals surface area (Å²) in [5.74, 6) is 4.64. The zero-order chi connectivity index (χ0) is 21.9. The first-order valence-corrected chi connectivity index (χ1v) is 10.6. The van der Waals surface area contributed by atoms with Gasteiger partial charge in [-0.1, -0.05) is 17.9 Å². The Hall–Kier alpha value is -2.77. The molecule has 10 heteroatoms. The number of hydrogen-bond acceptors (Lipinski definition) is 3. The smallest absolute Gasteiger partial charge is 0.345 e. The lowest BCUT2D eigenvalue weighted by Crippen LogP contribution is -2.27. The average Bonchev–Trinajstić information content (AvgIpc) is 3.35. The normalized spacial score (nSPS) is 14.9. The molecule has 1 saturated heterocycles. The van der Waals surface area contributed by atoms with Crippen molar-refractivity contribution in [3.05, 3.63) is 53.3 Å². The van der Waals surface area contributed by atoms with Crippen LogP contribution in [0.2, 0.25) is 0 Å². The van der Waals surface area contributed by atoms with Gasteiger partial charge in [-0.05, 0) is 37.1 Å².